The molecule has 0 aromatic carbocycles. The van der Waals surface area contributed by atoms with Crippen molar-refractivity contribution >= 4 is 17.9 Å². The summed E-state index contributed by atoms with van der Waals surface area (Å²) < 4.78 is 17.0. The van der Waals surface area contributed by atoms with Gasteiger partial charge in [-0.2, -0.15) is 0 Å². The molecule has 6 heteroatoms. The Hall–Kier alpha value is -1.85. The third kappa shape index (κ3) is 66.9. The van der Waals surface area contributed by atoms with Crippen LogP contribution in [0.15, 0.2) is 12.2 Å². The molecule has 0 saturated heterocycles. The number of hydrogen-bond donors (Lipinski definition) is 0. The van der Waals surface area contributed by atoms with Crippen LogP contribution in [0.1, 0.15) is 425 Å². The van der Waals surface area contributed by atoms with Gasteiger partial charge in [0.15, 0.2) is 6.10 Å². The average molecular weight is 1130 g/mol. The number of rotatable bonds is 69. The Morgan fingerprint density at radius 1 is 0.237 bits per heavy atom. The molecule has 0 radical (unpaired) electrons. The number of ether oxygens (including phenoxy) is 3. The van der Waals surface area contributed by atoms with E-state index in [9.17, 15) is 14.4 Å². The molecular weight excluding hydrogens is 985 g/mol. The molecule has 0 aliphatic rings. The van der Waals surface area contributed by atoms with Gasteiger partial charge in [-0.15, -0.1) is 0 Å². The molecule has 0 heterocycles. The number of esters is 3. The first-order valence-corrected chi connectivity index (χ1v) is 36.7. The lowest BCUT2D eigenvalue weighted by Gasteiger charge is -2.18. The van der Waals surface area contributed by atoms with Gasteiger partial charge in [0.1, 0.15) is 13.2 Å². The van der Waals surface area contributed by atoms with Crippen LogP contribution < -0.4 is 0 Å². The lowest BCUT2D eigenvalue weighted by atomic mass is 10.0. The number of carbonyl (C=O) groups excluding carboxylic acids is 3. The minimum atomic E-state index is -0.765. The van der Waals surface area contributed by atoms with Crippen molar-refractivity contribution < 1.29 is 28.6 Å². The maximum Gasteiger partial charge on any atom is 0.306 e. The maximum absolute atomic E-state index is 12.9. The predicted octanol–water partition coefficient (Wildman–Crippen LogP) is 25.2. The van der Waals surface area contributed by atoms with E-state index in [-0.39, 0.29) is 31.1 Å². The largest absolute Gasteiger partial charge is 0.462 e. The molecule has 1 atom stereocenters. The van der Waals surface area contributed by atoms with Crippen molar-refractivity contribution in [2.75, 3.05) is 13.2 Å². The van der Waals surface area contributed by atoms with Gasteiger partial charge < -0.3 is 14.2 Å². The fourth-order valence-electron chi connectivity index (χ4n) is 11.5. The van der Waals surface area contributed by atoms with Crippen LogP contribution in [-0.2, 0) is 28.6 Å². The lowest BCUT2D eigenvalue weighted by Crippen LogP contribution is -2.30. The van der Waals surface area contributed by atoms with Gasteiger partial charge in [0, 0.05) is 19.3 Å². The highest BCUT2D eigenvalue weighted by molar-refractivity contribution is 5.71. The quantitative estimate of drug-likeness (QED) is 0.0261. The summed E-state index contributed by atoms with van der Waals surface area (Å²) in [5.74, 6) is -0.828. The highest BCUT2D eigenvalue weighted by Gasteiger charge is 2.20. The molecule has 1 unspecified atom stereocenters. The molecular formula is C74H142O6. The minimum absolute atomic E-state index is 0.0626. The average Bonchev–Trinajstić information content (AvgIpc) is 3.46. The Balaban J connectivity index is 4.10. The molecule has 0 saturated carbocycles. The van der Waals surface area contributed by atoms with Crippen LogP contribution in [0.3, 0.4) is 0 Å². The second kappa shape index (κ2) is 69.6. The highest BCUT2D eigenvalue weighted by Crippen LogP contribution is 2.19. The zero-order valence-corrected chi connectivity index (χ0v) is 54.6. The summed E-state index contributed by atoms with van der Waals surface area (Å²) in [5.41, 5.74) is 0. The number of unbranched alkanes of at least 4 members (excludes halogenated alkanes) is 56. The zero-order valence-electron chi connectivity index (χ0n) is 54.6. The van der Waals surface area contributed by atoms with Crippen molar-refractivity contribution in [1.82, 2.24) is 0 Å². The molecule has 0 aromatic heterocycles. The van der Waals surface area contributed by atoms with Gasteiger partial charge in [-0.1, -0.05) is 373 Å². The normalized spacial score (nSPS) is 12.0. The van der Waals surface area contributed by atoms with Crippen LogP contribution in [0.2, 0.25) is 0 Å². The van der Waals surface area contributed by atoms with E-state index in [1.807, 2.05) is 0 Å². The summed E-state index contributed by atoms with van der Waals surface area (Å²) in [5, 5.41) is 0. The van der Waals surface area contributed by atoms with E-state index >= 15 is 0 Å². The van der Waals surface area contributed by atoms with Gasteiger partial charge in [0.25, 0.3) is 0 Å². The number of allylic oxidation sites excluding steroid dienone is 2. The Morgan fingerprint density at radius 3 is 0.625 bits per heavy atom. The first kappa shape index (κ1) is 78.1. The number of carbonyl (C=O) groups is 3. The van der Waals surface area contributed by atoms with Gasteiger partial charge >= 0.3 is 17.9 Å². The second-order valence-electron chi connectivity index (χ2n) is 25.2. The van der Waals surface area contributed by atoms with Crippen molar-refractivity contribution in [3.8, 4) is 0 Å². The summed E-state index contributed by atoms with van der Waals surface area (Å²) in [4.78, 5) is 38.4. The third-order valence-corrected chi connectivity index (χ3v) is 17.0. The van der Waals surface area contributed by atoms with Crippen molar-refractivity contribution in [1.29, 1.82) is 0 Å². The first-order valence-electron chi connectivity index (χ1n) is 36.7. The van der Waals surface area contributed by atoms with Crippen molar-refractivity contribution in [2.45, 2.75) is 431 Å². The maximum atomic E-state index is 12.9. The summed E-state index contributed by atoms with van der Waals surface area (Å²) in [7, 11) is 0. The molecule has 0 fully saturated rings. The fourth-order valence-corrected chi connectivity index (χ4v) is 11.5. The lowest BCUT2D eigenvalue weighted by molar-refractivity contribution is -0.167. The second-order valence-corrected chi connectivity index (χ2v) is 25.2. The van der Waals surface area contributed by atoms with Gasteiger partial charge in [0.2, 0.25) is 0 Å². The summed E-state index contributed by atoms with van der Waals surface area (Å²) in [6.07, 6.45) is 84.1. The SMILES string of the molecule is CCCCCCCCCC/C=C\CCCCCCCCCCCCCCCCCC(=O)OCC(COC(=O)CCCCCCCCCCCC)OC(=O)CCCCCCCCCCCCCCCCCCCCCCCCCCC. The van der Waals surface area contributed by atoms with Crippen LogP contribution in [0, 0.1) is 0 Å². The molecule has 0 rings (SSSR count). The van der Waals surface area contributed by atoms with E-state index in [0.717, 1.165) is 57.8 Å². The highest BCUT2D eigenvalue weighted by atomic mass is 16.6. The molecule has 0 aromatic rings. The molecule has 474 valence electrons. The Kier molecular flexibility index (Phi) is 68.0. The van der Waals surface area contributed by atoms with E-state index in [4.69, 9.17) is 14.2 Å². The van der Waals surface area contributed by atoms with Crippen LogP contribution in [0.4, 0.5) is 0 Å². The van der Waals surface area contributed by atoms with Crippen molar-refractivity contribution in [3.63, 3.8) is 0 Å². The Morgan fingerprint density at radius 2 is 0.412 bits per heavy atom. The van der Waals surface area contributed by atoms with Crippen molar-refractivity contribution in [2.24, 2.45) is 0 Å². The third-order valence-electron chi connectivity index (χ3n) is 17.0. The van der Waals surface area contributed by atoms with E-state index < -0.39 is 6.10 Å². The topological polar surface area (TPSA) is 78.9 Å². The molecule has 80 heavy (non-hydrogen) atoms. The first-order chi connectivity index (χ1) is 39.5. The minimum Gasteiger partial charge on any atom is -0.462 e. The van der Waals surface area contributed by atoms with Gasteiger partial charge in [0.05, 0.1) is 0 Å². The van der Waals surface area contributed by atoms with Crippen LogP contribution >= 0.6 is 0 Å². The van der Waals surface area contributed by atoms with Crippen LogP contribution in [-0.4, -0.2) is 37.2 Å². The molecule has 0 amide bonds. The van der Waals surface area contributed by atoms with Gasteiger partial charge in [-0.05, 0) is 44.9 Å². The standard InChI is InChI=1S/C74H142O6/c1-4-7-10-13-16-19-22-24-26-28-30-32-34-36-37-39-40-42-44-46-48-50-52-55-58-61-64-67-73(76)79-70-71(69-78-72(75)66-63-60-57-54-21-18-15-12-9-6-3)80-74(77)68-65-62-59-56-53-51-49-47-45-43-41-38-35-33-31-29-27-25-23-20-17-14-11-8-5-2/h28,30,71H,4-27,29,31-70H2,1-3H3/b30-28-. The molecule has 0 aliphatic heterocycles. The molecule has 0 aliphatic carbocycles. The Labute approximate surface area is 501 Å². The monoisotopic (exact) mass is 1130 g/mol. The molecule has 0 bridgehead atoms. The summed E-state index contributed by atoms with van der Waals surface area (Å²) in [6, 6.07) is 0. The number of hydrogen-bond acceptors (Lipinski definition) is 6. The predicted molar refractivity (Wildman–Crippen MR) is 349 cm³/mol. The van der Waals surface area contributed by atoms with E-state index in [2.05, 4.69) is 32.9 Å². The zero-order chi connectivity index (χ0) is 57.8. The Bertz CT molecular complexity index is 1250. The van der Waals surface area contributed by atoms with Gasteiger partial charge in [-0.3, -0.25) is 14.4 Å². The summed E-state index contributed by atoms with van der Waals surface area (Å²) in [6.45, 7) is 6.72. The van der Waals surface area contributed by atoms with E-state index in [0.29, 0.717) is 19.3 Å². The van der Waals surface area contributed by atoms with Crippen molar-refractivity contribution in [3.05, 3.63) is 12.2 Å². The van der Waals surface area contributed by atoms with E-state index in [1.165, 1.54) is 327 Å². The van der Waals surface area contributed by atoms with Crippen LogP contribution in [0.25, 0.3) is 0 Å². The molecule has 0 spiro atoms. The van der Waals surface area contributed by atoms with E-state index in [1.54, 1.807) is 0 Å². The van der Waals surface area contributed by atoms with Gasteiger partial charge in [-0.25, -0.2) is 0 Å². The smallest absolute Gasteiger partial charge is 0.306 e. The molecule has 0 N–H and O–H groups in total. The van der Waals surface area contributed by atoms with Crippen LogP contribution in [0.5, 0.6) is 0 Å². The summed E-state index contributed by atoms with van der Waals surface area (Å²) >= 11 is 0. The molecule has 6 nitrogen and oxygen atoms in total. The fraction of sp³-hybridized carbons (Fsp3) is 0.932.